The van der Waals surface area contributed by atoms with Crippen LogP contribution < -0.4 is 14.8 Å². The van der Waals surface area contributed by atoms with Crippen molar-refractivity contribution in [1.82, 2.24) is 5.32 Å². The largest absolute Gasteiger partial charge is 0.490 e. The van der Waals surface area contributed by atoms with Crippen molar-refractivity contribution < 1.29 is 14.3 Å². The molecular formula is C16H24ClNO3. The lowest BCUT2D eigenvalue weighted by molar-refractivity contribution is -0.120. The summed E-state index contributed by atoms with van der Waals surface area (Å²) in [5.74, 6) is 1.75. The monoisotopic (exact) mass is 313 g/mol. The Morgan fingerprint density at radius 2 is 2.05 bits per heavy atom. The lowest BCUT2D eigenvalue weighted by Gasteiger charge is -2.13. The van der Waals surface area contributed by atoms with E-state index in [0.717, 1.165) is 29.9 Å². The quantitative estimate of drug-likeness (QED) is 0.531. The molecule has 0 spiro atoms. The number of carbonyl (C=O) groups is 1. The van der Waals surface area contributed by atoms with Crippen LogP contribution in [-0.4, -0.2) is 25.0 Å². The number of carbonyl (C=O) groups excluding carboxylic acids is 1. The molecule has 0 aromatic heterocycles. The average molecular weight is 314 g/mol. The zero-order chi connectivity index (χ0) is 15.5. The van der Waals surface area contributed by atoms with E-state index >= 15 is 0 Å². The van der Waals surface area contributed by atoms with Crippen LogP contribution in [0.5, 0.6) is 11.5 Å². The first-order chi connectivity index (χ1) is 10.2. The van der Waals surface area contributed by atoms with Gasteiger partial charge in [0.25, 0.3) is 0 Å². The van der Waals surface area contributed by atoms with Gasteiger partial charge in [0.05, 0.1) is 13.2 Å². The highest BCUT2D eigenvalue weighted by atomic mass is 35.5. The Bertz CT molecular complexity index is 438. The summed E-state index contributed by atoms with van der Waals surface area (Å²) >= 11 is 5.53. The van der Waals surface area contributed by atoms with Crippen LogP contribution in [0.1, 0.15) is 38.7 Å². The normalized spacial score (nSPS) is 10.2. The van der Waals surface area contributed by atoms with Gasteiger partial charge in [-0.2, -0.15) is 0 Å². The van der Waals surface area contributed by atoms with Crippen molar-refractivity contribution in [3.8, 4) is 11.5 Å². The lowest BCUT2D eigenvalue weighted by Crippen LogP contribution is -2.22. The van der Waals surface area contributed by atoms with E-state index in [1.54, 1.807) is 0 Å². The highest BCUT2D eigenvalue weighted by Gasteiger charge is 2.07. The van der Waals surface area contributed by atoms with E-state index in [0.29, 0.717) is 32.1 Å². The van der Waals surface area contributed by atoms with Crippen LogP contribution in [0.2, 0.25) is 0 Å². The molecule has 1 aromatic rings. The van der Waals surface area contributed by atoms with Crippen molar-refractivity contribution in [1.29, 1.82) is 0 Å². The van der Waals surface area contributed by atoms with Gasteiger partial charge in [-0.1, -0.05) is 19.4 Å². The molecule has 4 nitrogen and oxygen atoms in total. The number of amides is 1. The van der Waals surface area contributed by atoms with Gasteiger partial charge < -0.3 is 14.8 Å². The zero-order valence-corrected chi connectivity index (χ0v) is 13.5. The molecule has 0 aliphatic rings. The Kier molecular flexibility index (Phi) is 8.67. The van der Waals surface area contributed by atoms with E-state index in [-0.39, 0.29) is 5.91 Å². The fourth-order valence-corrected chi connectivity index (χ4v) is 1.92. The van der Waals surface area contributed by atoms with Crippen molar-refractivity contribution in [3.63, 3.8) is 0 Å². The van der Waals surface area contributed by atoms with Crippen LogP contribution >= 0.6 is 11.6 Å². The second-order valence-corrected chi connectivity index (χ2v) is 5.01. The zero-order valence-electron chi connectivity index (χ0n) is 12.8. The fraction of sp³-hybridized carbons (Fsp3) is 0.562. The van der Waals surface area contributed by atoms with Crippen molar-refractivity contribution in [2.45, 2.75) is 39.7 Å². The molecule has 5 heteroatoms. The van der Waals surface area contributed by atoms with Gasteiger partial charge in [0.1, 0.15) is 0 Å². The Morgan fingerprint density at radius 3 is 2.71 bits per heavy atom. The number of ether oxygens (including phenoxy) is 2. The predicted molar refractivity (Wildman–Crippen MR) is 85.2 cm³/mol. The molecule has 0 aliphatic carbocycles. The van der Waals surface area contributed by atoms with Gasteiger partial charge in [-0.3, -0.25) is 4.79 Å². The third-order valence-electron chi connectivity index (χ3n) is 2.87. The highest BCUT2D eigenvalue weighted by molar-refractivity contribution is 6.18. The molecule has 0 saturated carbocycles. The van der Waals surface area contributed by atoms with Gasteiger partial charge in [0.2, 0.25) is 5.91 Å². The first kappa shape index (κ1) is 17.6. The van der Waals surface area contributed by atoms with Crippen LogP contribution in [0.15, 0.2) is 18.2 Å². The maximum absolute atomic E-state index is 11.4. The summed E-state index contributed by atoms with van der Waals surface area (Å²) in [5.41, 5.74) is 0.976. The molecular weight excluding hydrogens is 290 g/mol. The molecule has 0 fully saturated rings. The molecule has 0 atom stereocenters. The summed E-state index contributed by atoms with van der Waals surface area (Å²) in [4.78, 5) is 11.4. The Morgan fingerprint density at radius 1 is 1.24 bits per heavy atom. The van der Waals surface area contributed by atoms with Gasteiger partial charge in [0, 0.05) is 18.8 Å². The molecule has 0 unspecified atom stereocenters. The lowest BCUT2D eigenvalue weighted by atomic mass is 10.2. The molecule has 0 aliphatic heterocycles. The highest BCUT2D eigenvalue weighted by Crippen LogP contribution is 2.28. The molecule has 118 valence electrons. The van der Waals surface area contributed by atoms with Gasteiger partial charge in [0.15, 0.2) is 11.5 Å². The Labute approximate surface area is 131 Å². The summed E-state index contributed by atoms with van der Waals surface area (Å²) in [5, 5.41) is 2.82. The minimum Gasteiger partial charge on any atom is -0.490 e. The van der Waals surface area contributed by atoms with Crippen LogP contribution in [0.25, 0.3) is 0 Å². The number of unbranched alkanes of at least 4 members (excludes halogenated alkanes) is 1. The molecule has 21 heavy (non-hydrogen) atoms. The summed E-state index contributed by atoms with van der Waals surface area (Å²) in [6.07, 6.45) is 2.44. The van der Waals surface area contributed by atoms with Crippen molar-refractivity contribution in [3.05, 3.63) is 23.8 Å². The van der Waals surface area contributed by atoms with E-state index < -0.39 is 0 Å². The number of nitrogens with one attached hydrogen (secondary N) is 1. The number of rotatable bonds is 10. The third-order valence-corrected chi connectivity index (χ3v) is 3.06. The number of alkyl halides is 1. The van der Waals surface area contributed by atoms with E-state index in [9.17, 15) is 4.79 Å². The third kappa shape index (κ3) is 6.71. The van der Waals surface area contributed by atoms with E-state index in [2.05, 4.69) is 12.2 Å². The summed E-state index contributed by atoms with van der Waals surface area (Å²) in [6, 6.07) is 5.74. The first-order valence-corrected chi connectivity index (χ1v) is 7.95. The second kappa shape index (κ2) is 10.3. The van der Waals surface area contributed by atoms with E-state index in [1.807, 2.05) is 25.1 Å². The van der Waals surface area contributed by atoms with E-state index in [1.165, 1.54) is 0 Å². The van der Waals surface area contributed by atoms with Gasteiger partial charge >= 0.3 is 0 Å². The molecule has 0 saturated heterocycles. The number of hydrogen-bond donors (Lipinski definition) is 1. The maximum Gasteiger partial charge on any atom is 0.221 e. The Hall–Kier alpha value is -1.42. The van der Waals surface area contributed by atoms with Gasteiger partial charge in [-0.15, -0.1) is 11.6 Å². The van der Waals surface area contributed by atoms with Crippen molar-refractivity contribution >= 4 is 17.5 Å². The Balaban J connectivity index is 2.65. The first-order valence-electron chi connectivity index (χ1n) is 7.42. The molecule has 1 aromatic carbocycles. The fourth-order valence-electron chi connectivity index (χ4n) is 1.75. The SMILES string of the molecule is CCCCOc1ccc(CNC(=O)CCCl)cc1OCC. The van der Waals surface area contributed by atoms with Crippen LogP contribution in [-0.2, 0) is 11.3 Å². The van der Waals surface area contributed by atoms with Crippen LogP contribution in [0.4, 0.5) is 0 Å². The molecule has 1 rings (SSSR count). The van der Waals surface area contributed by atoms with E-state index in [4.69, 9.17) is 21.1 Å². The van der Waals surface area contributed by atoms with Crippen LogP contribution in [0.3, 0.4) is 0 Å². The van der Waals surface area contributed by atoms with Gasteiger partial charge in [-0.25, -0.2) is 0 Å². The number of benzene rings is 1. The molecule has 1 amide bonds. The molecule has 0 bridgehead atoms. The average Bonchev–Trinajstić information content (AvgIpc) is 2.48. The predicted octanol–water partition coefficient (Wildman–Crippen LogP) is 3.51. The maximum atomic E-state index is 11.4. The second-order valence-electron chi connectivity index (χ2n) is 4.63. The summed E-state index contributed by atoms with van der Waals surface area (Å²) < 4.78 is 11.3. The van der Waals surface area contributed by atoms with Crippen LogP contribution in [0, 0.1) is 0 Å². The number of halogens is 1. The summed E-state index contributed by atoms with van der Waals surface area (Å²) in [6.45, 7) is 5.78. The number of hydrogen-bond acceptors (Lipinski definition) is 3. The molecule has 0 radical (unpaired) electrons. The minimum absolute atomic E-state index is 0.0498. The molecule has 1 N–H and O–H groups in total. The molecule has 0 heterocycles. The smallest absolute Gasteiger partial charge is 0.221 e. The topological polar surface area (TPSA) is 47.6 Å². The van der Waals surface area contributed by atoms with Gasteiger partial charge in [-0.05, 0) is 31.0 Å². The van der Waals surface area contributed by atoms with Crippen molar-refractivity contribution in [2.24, 2.45) is 0 Å². The minimum atomic E-state index is -0.0498. The standard InChI is InChI=1S/C16H24ClNO3/c1-3-5-10-21-14-7-6-13(11-15(14)20-4-2)12-18-16(19)8-9-17/h6-7,11H,3-5,8-10,12H2,1-2H3,(H,18,19). The summed E-state index contributed by atoms with van der Waals surface area (Å²) in [7, 11) is 0. The van der Waals surface area contributed by atoms with Crippen molar-refractivity contribution in [2.75, 3.05) is 19.1 Å².